The molecule has 0 aromatic carbocycles. The fourth-order valence-electron chi connectivity index (χ4n) is 0.896. The molecule has 0 N–H and O–H groups in total. The Morgan fingerprint density at radius 1 is 1.64 bits per heavy atom. The predicted octanol–water partition coefficient (Wildman–Crippen LogP) is 1.69. The van der Waals surface area contributed by atoms with Gasteiger partial charge in [0.15, 0.2) is 5.15 Å². The maximum Gasteiger partial charge on any atom is 0.154 e. The van der Waals surface area contributed by atoms with Crippen molar-refractivity contribution in [3.8, 4) is 0 Å². The third kappa shape index (κ3) is 0.886. The summed E-state index contributed by atoms with van der Waals surface area (Å²) in [7, 11) is 0. The standard InChI is InChI=1S/C7H6ClN3/c1-5-10-4-6-7(8)9-2-3-11(5)6/h2-4H,1H3/i1D3. The number of halogens is 1. The van der Waals surface area contributed by atoms with Gasteiger partial charge in [0.2, 0.25) is 0 Å². The van der Waals surface area contributed by atoms with E-state index in [1.807, 2.05) is 0 Å². The molecular formula is C7H6ClN3. The molecule has 11 heavy (non-hydrogen) atoms. The second kappa shape index (κ2) is 2.20. The number of fused-ring (bicyclic) bond motifs is 1. The highest BCUT2D eigenvalue weighted by Crippen LogP contribution is 2.13. The average molecular weight is 171 g/mol. The number of imidazole rings is 1. The van der Waals surface area contributed by atoms with E-state index in [0.29, 0.717) is 5.52 Å². The first-order valence-corrected chi connectivity index (χ1v) is 3.36. The van der Waals surface area contributed by atoms with Gasteiger partial charge in [-0.3, -0.25) is 4.40 Å². The molecule has 0 atom stereocenters. The minimum absolute atomic E-state index is 0.00296. The first-order valence-electron chi connectivity index (χ1n) is 4.48. The lowest BCUT2D eigenvalue weighted by Crippen LogP contribution is -1.88. The molecule has 2 aromatic rings. The van der Waals surface area contributed by atoms with Crippen molar-refractivity contribution < 1.29 is 4.11 Å². The van der Waals surface area contributed by atoms with Crippen molar-refractivity contribution in [2.75, 3.05) is 0 Å². The molecule has 2 heterocycles. The van der Waals surface area contributed by atoms with E-state index in [1.165, 1.54) is 23.0 Å². The predicted molar refractivity (Wildman–Crippen MR) is 42.7 cm³/mol. The van der Waals surface area contributed by atoms with Crippen LogP contribution in [-0.4, -0.2) is 14.4 Å². The Morgan fingerprint density at radius 3 is 3.36 bits per heavy atom. The molecule has 2 aromatic heterocycles. The van der Waals surface area contributed by atoms with Crippen LogP contribution < -0.4 is 0 Å². The van der Waals surface area contributed by atoms with E-state index in [1.54, 1.807) is 0 Å². The summed E-state index contributed by atoms with van der Waals surface area (Å²) < 4.78 is 23.1. The fourth-order valence-corrected chi connectivity index (χ4v) is 1.09. The molecule has 3 nitrogen and oxygen atoms in total. The van der Waals surface area contributed by atoms with E-state index < -0.39 is 6.85 Å². The van der Waals surface area contributed by atoms with Crippen LogP contribution in [-0.2, 0) is 0 Å². The average Bonchev–Trinajstić information content (AvgIpc) is 2.47. The Kier molecular flexibility index (Phi) is 0.814. The molecule has 0 aliphatic rings. The van der Waals surface area contributed by atoms with Gasteiger partial charge in [-0.2, -0.15) is 0 Å². The van der Waals surface area contributed by atoms with E-state index in [9.17, 15) is 0 Å². The first kappa shape index (κ1) is 4.07. The number of nitrogens with zero attached hydrogens (tertiary/aromatic N) is 3. The summed E-state index contributed by atoms with van der Waals surface area (Å²) in [6.45, 7) is -2.24. The lowest BCUT2D eigenvalue weighted by molar-refractivity contribution is 1.03. The summed E-state index contributed by atoms with van der Waals surface area (Å²) in [5, 5.41) is 0.246. The third-order valence-electron chi connectivity index (χ3n) is 1.41. The molecule has 56 valence electrons. The van der Waals surface area contributed by atoms with Crippen molar-refractivity contribution in [2.24, 2.45) is 0 Å². The van der Waals surface area contributed by atoms with Crippen LogP contribution in [0.2, 0.25) is 5.15 Å². The zero-order valence-corrected chi connectivity index (χ0v) is 6.21. The van der Waals surface area contributed by atoms with Crippen molar-refractivity contribution in [1.29, 1.82) is 0 Å². The van der Waals surface area contributed by atoms with Gasteiger partial charge in [-0.1, -0.05) is 11.6 Å². The summed E-state index contributed by atoms with van der Waals surface area (Å²) >= 11 is 5.76. The number of hydrogen-bond donors (Lipinski definition) is 0. The van der Waals surface area contributed by atoms with Gasteiger partial charge in [-0.25, -0.2) is 9.97 Å². The molecule has 0 unspecified atom stereocenters. The second-order valence-electron chi connectivity index (χ2n) is 2.06. The molecule has 0 radical (unpaired) electrons. The molecular weight excluding hydrogens is 162 g/mol. The normalized spacial score (nSPS) is 15.9. The monoisotopic (exact) mass is 170 g/mol. The Balaban J connectivity index is 2.76. The SMILES string of the molecule is [2H]C([2H])([2H])c1ncc2c(Cl)nccn12. The minimum Gasteiger partial charge on any atom is -0.300 e. The molecule has 0 saturated carbocycles. The van der Waals surface area contributed by atoms with E-state index in [2.05, 4.69) is 9.97 Å². The van der Waals surface area contributed by atoms with Crippen LogP contribution in [0.25, 0.3) is 5.52 Å². The maximum atomic E-state index is 7.23. The van der Waals surface area contributed by atoms with Crippen molar-refractivity contribution in [2.45, 2.75) is 6.85 Å². The van der Waals surface area contributed by atoms with Crippen molar-refractivity contribution >= 4 is 17.1 Å². The summed E-state index contributed by atoms with van der Waals surface area (Å²) in [4.78, 5) is 7.63. The highest BCUT2D eigenvalue weighted by atomic mass is 35.5. The maximum absolute atomic E-state index is 7.23. The zero-order chi connectivity index (χ0) is 10.3. The molecule has 0 fully saturated rings. The Morgan fingerprint density at radius 2 is 2.55 bits per heavy atom. The fraction of sp³-hybridized carbons (Fsp3) is 0.143. The van der Waals surface area contributed by atoms with E-state index in [-0.39, 0.29) is 11.0 Å². The number of aryl methyl sites for hydroxylation is 1. The molecule has 0 aliphatic carbocycles. The van der Waals surface area contributed by atoms with Gasteiger partial charge < -0.3 is 0 Å². The van der Waals surface area contributed by atoms with Crippen LogP contribution in [0.3, 0.4) is 0 Å². The molecule has 2 rings (SSSR count). The van der Waals surface area contributed by atoms with E-state index in [0.717, 1.165) is 0 Å². The first-order chi connectivity index (χ1) is 6.50. The highest BCUT2D eigenvalue weighted by Gasteiger charge is 2.01. The van der Waals surface area contributed by atoms with Gasteiger partial charge in [0.05, 0.1) is 6.20 Å². The van der Waals surface area contributed by atoms with Gasteiger partial charge in [-0.05, 0) is 6.85 Å². The van der Waals surface area contributed by atoms with Crippen LogP contribution in [0.5, 0.6) is 0 Å². The van der Waals surface area contributed by atoms with Crippen molar-refractivity contribution in [3.05, 3.63) is 29.6 Å². The molecule has 0 amide bonds. The molecule has 4 heteroatoms. The van der Waals surface area contributed by atoms with Crippen LogP contribution in [0.4, 0.5) is 0 Å². The second-order valence-corrected chi connectivity index (χ2v) is 2.41. The van der Waals surface area contributed by atoms with Gasteiger partial charge in [0, 0.05) is 16.5 Å². The quantitative estimate of drug-likeness (QED) is 0.603. The number of rotatable bonds is 0. The van der Waals surface area contributed by atoms with E-state index in [4.69, 9.17) is 15.7 Å². The Hall–Kier alpha value is -1.09. The lowest BCUT2D eigenvalue weighted by Gasteiger charge is -1.94. The largest absolute Gasteiger partial charge is 0.300 e. The van der Waals surface area contributed by atoms with Crippen molar-refractivity contribution in [1.82, 2.24) is 14.4 Å². The smallest absolute Gasteiger partial charge is 0.154 e. The Bertz CT molecular complexity index is 476. The third-order valence-corrected chi connectivity index (χ3v) is 1.70. The van der Waals surface area contributed by atoms with Crippen LogP contribution in [0.15, 0.2) is 18.6 Å². The summed E-state index contributed by atoms with van der Waals surface area (Å²) in [5.74, 6) is -0.00296. The van der Waals surface area contributed by atoms with Crippen LogP contribution in [0, 0.1) is 6.85 Å². The van der Waals surface area contributed by atoms with Gasteiger partial charge in [0.25, 0.3) is 0 Å². The molecule has 0 bridgehead atoms. The summed E-state index contributed by atoms with van der Waals surface area (Å²) in [6.07, 6.45) is 4.36. The number of aromatic nitrogens is 3. The molecule has 0 saturated heterocycles. The minimum atomic E-state index is -2.24. The van der Waals surface area contributed by atoms with Gasteiger partial charge >= 0.3 is 0 Å². The van der Waals surface area contributed by atoms with Crippen LogP contribution >= 0.6 is 11.6 Å². The summed E-state index contributed by atoms with van der Waals surface area (Å²) in [6, 6.07) is 0. The zero-order valence-electron chi connectivity index (χ0n) is 8.45. The highest BCUT2D eigenvalue weighted by molar-refractivity contribution is 6.32. The van der Waals surface area contributed by atoms with E-state index >= 15 is 0 Å². The molecule has 0 aliphatic heterocycles. The van der Waals surface area contributed by atoms with Gasteiger partial charge in [-0.15, -0.1) is 0 Å². The van der Waals surface area contributed by atoms with Crippen molar-refractivity contribution in [3.63, 3.8) is 0 Å². The lowest BCUT2D eigenvalue weighted by atomic mass is 10.6. The molecule has 0 spiro atoms. The number of hydrogen-bond acceptors (Lipinski definition) is 2. The van der Waals surface area contributed by atoms with Crippen LogP contribution in [0.1, 0.15) is 9.94 Å². The Labute approximate surface area is 72.9 Å². The topological polar surface area (TPSA) is 30.2 Å². The summed E-state index contributed by atoms with van der Waals surface area (Å²) in [5.41, 5.74) is 0.500. The van der Waals surface area contributed by atoms with Gasteiger partial charge in [0.1, 0.15) is 11.3 Å².